The first-order valence-electron chi connectivity index (χ1n) is 2.67. The summed E-state index contributed by atoms with van der Waals surface area (Å²) in [5.41, 5.74) is -0.839. The molecule has 0 spiro atoms. The third kappa shape index (κ3) is 3.72. The average molecular weight is 220 g/mol. The first-order chi connectivity index (χ1) is 5.00. The summed E-state index contributed by atoms with van der Waals surface area (Å²) >= 11 is 5.18. The number of hydrogen-bond donors (Lipinski definition) is 0. The van der Waals surface area contributed by atoms with Gasteiger partial charge in [-0.2, -0.15) is 0 Å². The predicted octanol–water partition coefficient (Wildman–Crippen LogP) is -1.81. The quantitative estimate of drug-likeness (QED) is 0.412. The summed E-state index contributed by atoms with van der Waals surface area (Å²) in [6.07, 6.45) is 1.32. The Kier molecular flexibility index (Phi) is 5.27. The number of halogens is 4. The number of nitrogens with zero attached hydrogens (tertiary/aromatic N) is 2. The molecule has 1 aromatic heterocycles. The van der Waals surface area contributed by atoms with Gasteiger partial charge in [0.1, 0.15) is 0 Å². The summed E-state index contributed by atoms with van der Waals surface area (Å²) in [4.78, 5) is 6.39. The smallest absolute Gasteiger partial charge is 0.445 e. The van der Waals surface area contributed by atoms with E-state index >= 15 is 0 Å². The van der Waals surface area contributed by atoms with E-state index in [0.717, 1.165) is 0 Å². The van der Waals surface area contributed by atoms with Gasteiger partial charge < -0.3 is 12.9 Å². The molecule has 0 unspecified atom stereocenters. The Bertz CT molecular complexity index is 251. The minimum atomic E-state index is -5.00. The second kappa shape index (κ2) is 4.92. The van der Waals surface area contributed by atoms with Crippen molar-refractivity contribution in [1.29, 1.82) is 0 Å². The Balaban J connectivity index is 0.00000121. The Labute approximate surface area is 114 Å². The van der Waals surface area contributed by atoms with E-state index in [1.807, 2.05) is 0 Å². The molecule has 0 bridgehead atoms. The standard InChI is InChI=1S/C4H2BClF3N2.K/c6-4-10-1-3(2-11-4)5(7,8)9;/h1-2H;/q-1;+1. The maximum Gasteiger partial charge on any atom is 1.00 e. The molecular weight excluding hydrogens is 218 g/mol. The Morgan fingerprint density at radius 3 is 1.92 bits per heavy atom. The van der Waals surface area contributed by atoms with Crippen molar-refractivity contribution < 1.29 is 64.3 Å². The van der Waals surface area contributed by atoms with Crippen LogP contribution in [0.15, 0.2) is 12.4 Å². The molecule has 0 aromatic carbocycles. The summed E-state index contributed by atoms with van der Waals surface area (Å²) in [7, 11) is 0. The molecule has 0 saturated heterocycles. The minimum absolute atomic E-state index is 0. The molecule has 8 heteroatoms. The van der Waals surface area contributed by atoms with Crippen LogP contribution in [0, 0.1) is 0 Å². The van der Waals surface area contributed by atoms with Gasteiger partial charge in [-0.15, -0.1) is 0 Å². The van der Waals surface area contributed by atoms with Crippen molar-refractivity contribution in [3.63, 3.8) is 0 Å². The third-order valence-corrected chi connectivity index (χ3v) is 1.21. The van der Waals surface area contributed by atoms with Crippen molar-refractivity contribution in [1.82, 2.24) is 9.97 Å². The van der Waals surface area contributed by atoms with Crippen LogP contribution >= 0.6 is 11.6 Å². The number of hydrogen-bond acceptors (Lipinski definition) is 2. The molecule has 1 heterocycles. The summed E-state index contributed by atoms with van der Waals surface area (Å²) < 4.78 is 35.6. The van der Waals surface area contributed by atoms with Crippen molar-refractivity contribution in [2.75, 3.05) is 0 Å². The second-order valence-electron chi connectivity index (χ2n) is 1.86. The Morgan fingerprint density at radius 2 is 1.58 bits per heavy atom. The van der Waals surface area contributed by atoms with Gasteiger partial charge in [-0.25, -0.2) is 9.97 Å². The molecule has 0 aliphatic carbocycles. The third-order valence-electron chi connectivity index (χ3n) is 1.02. The zero-order chi connectivity index (χ0) is 8.48. The molecule has 0 aliphatic heterocycles. The van der Waals surface area contributed by atoms with Crippen LogP contribution in [0.25, 0.3) is 0 Å². The van der Waals surface area contributed by atoms with Crippen molar-refractivity contribution in [3.05, 3.63) is 17.7 Å². The zero-order valence-electron chi connectivity index (χ0n) is 6.14. The van der Waals surface area contributed by atoms with Crippen molar-refractivity contribution >= 4 is 24.0 Å². The molecule has 1 aromatic rings. The molecule has 0 aliphatic rings. The van der Waals surface area contributed by atoms with Crippen LogP contribution in [-0.2, 0) is 0 Å². The molecule has 0 N–H and O–H groups in total. The second-order valence-corrected chi connectivity index (χ2v) is 2.20. The van der Waals surface area contributed by atoms with Crippen molar-refractivity contribution in [2.24, 2.45) is 0 Å². The fourth-order valence-electron chi connectivity index (χ4n) is 0.491. The first kappa shape index (κ1) is 12.9. The average Bonchev–Trinajstić information content (AvgIpc) is 1.86. The van der Waals surface area contributed by atoms with Crippen LogP contribution in [0.2, 0.25) is 5.28 Å². The summed E-state index contributed by atoms with van der Waals surface area (Å²) in [5.74, 6) is 0. The minimum Gasteiger partial charge on any atom is -0.445 e. The van der Waals surface area contributed by atoms with Gasteiger partial charge in [-0.1, -0.05) is 5.46 Å². The first-order valence-corrected chi connectivity index (χ1v) is 3.05. The molecule has 2 nitrogen and oxygen atoms in total. The van der Waals surface area contributed by atoms with Crippen LogP contribution in [-0.4, -0.2) is 16.9 Å². The van der Waals surface area contributed by atoms with Crippen LogP contribution in [0.1, 0.15) is 0 Å². The fourth-order valence-corrected chi connectivity index (χ4v) is 0.589. The molecule has 0 amide bonds. The maximum absolute atomic E-state index is 11.9. The van der Waals surface area contributed by atoms with Gasteiger partial charge in [0.2, 0.25) is 5.28 Å². The van der Waals surface area contributed by atoms with Gasteiger partial charge in [0.15, 0.2) is 0 Å². The Hall–Kier alpha value is 0.861. The fraction of sp³-hybridized carbons (Fsp3) is 0. The van der Waals surface area contributed by atoms with Gasteiger partial charge in [-0.3, -0.25) is 0 Å². The summed E-state index contributed by atoms with van der Waals surface area (Å²) in [6.45, 7) is -5.00. The van der Waals surface area contributed by atoms with E-state index in [1.165, 1.54) is 0 Å². The van der Waals surface area contributed by atoms with Gasteiger partial charge >= 0.3 is 58.4 Å². The predicted molar refractivity (Wildman–Crippen MR) is 35.8 cm³/mol. The van der Waals surface area contributed by atoms with E-state index in [0.29, 0.717) is 12.4 Å². The van der Waals surface area contributed by atoms with E-state index in [9.17, 15) is 12.9 Å². The maximum atomic E-state index is 11.9. The molecule has 0 radical (unpaired) electrons. The van der Waals surface area contributed by atoms with Gasteiger partial charge in [0.25, 0.3) is 0 Å². The molecular formula is C4H2BClF3KN2. The molecule has 12 heavy (non-hydrogen) atoms. The Morgan fingerprint density at radius 1 is 1.17 bits per heavy atom. The molecule has 0 atom stereocenters. The van der Waals surface area contributed by atoms with Gasteiger partial charge in [-0.05, 0) is 11.6 Å². The van der Waals surface area contributed by atoms with E-state index < -0.39 is 12.4 Å². The van der Waals surface area contributed by atoms with Gasteiger partial charge in [0.05, 0.1) is 0 Å². The van der Waals surface area contributed by atoms with Crippen molar-refractivity contribution in [3.8, 4) is 0 Å². The monoisotopic (exact) mass is 220 g/mol. The summed E-state index contributed by atoms with van der Waals surface area (Å²) in [5, 5.41) is -0.186. The van der Waals surface area contributed by atoms with E-state index in [4.69, 9.17) is 11.6 Å². The van der Waals surface area contributed by atoms with Crippen LogP contribution < -0.4 is 56.8 Å². The molecule has 0 saturated carbocycles. The van der Waals surface area contributed by atoms with E-state index in [-0.39, 0.29) is 56.7 Å². The van der Waals surface area contributed by atoms with Crippen LogP contribution in [0.4, 0.5) is 12.9 Å². The van der Waals surface area contributed by atoms with Crippen LogP contribution in [0.5, 0.6) is 0 Å². The normalized spacial score (nSPS) is 10.7. The SMILES string of the molecule is F[B-](F)(F)c1cnc(Cl)nc1.[K+]. The number of aromatic nitrogens is 2. The van der Waals surface area contributed by atoms with E-state index in [2.05, 4.69) is 9.97 Å². The van der Waals surface area contributed by atoms with Gasteiger partial charge in [0, 0.05) is 12.4 Å². The van der Waals surface area contributed by atoms with E-state index in [1.54, 1.807) is 0 Å². The molecule has 0 fully saturated rings. The zero-order valence-corrected chi connectivity index (χ0v) is 10.0. The largest absolute Gasteiger partial charge is 1.00 e. The topological polar surface area (TPSA) is 25.8 Å². The summed E-state index contributed by atoms with van der Waals surface area (Å²) in [6, 6.07) is 0. The van der Waals surface area contributed by atoms with Crippen molar-refractivity contribution in [2.45, 2.75) is 0 Å². The number of rotatable bonds is 1. The molecule has 60 valence electrons. The molecule has 1 rings (SSSR count). The van der Waals surface area contributed by atoms with Crippen LogP contribution in [0.3, 0.4) is 0 Å².